The molecule has 2 heterocycles. The molecule has 1 aromatic heterocycles. The number of anilines is 1. The Kier molecular flexibility index (Phi) is 7.19. The van der Waals surface area contributed by atoms with Gasteiger partial charge in [0, 0.05) is 36.1 Å². The van der Waals surface area contributed by atoms with Crippen molar-refractivity contribution >= 4 is 17.6 Å². The Morgan fingerprint density at radius 2 is 1.71 bits per heavy atom. The molecule has 0 bridgehead atoms. The number of halogens is 3. The molecule has 1 amide bonds. The molecule has 0 saturated heterocycles. The van der Waals surface area contributed by atoms with Gasteiger partial charge in [-0.2, -0.15) is 13.2 Å². The molecule has 0 radical (unpaired) electrons. The number of carbonyl (C=O) groups is 1. The maximum atomic E-state index is 13.9. The first-order valence-electron chi connectivity index (χ1n) is 13.0. The first kappa shape index (κ1) is 25.9. The van der Waals surface area contributed by atoms with Crippen molar-refractivity contribution in [1.29, 1.82) is 0 Å². The molecule has 2 aliphatic rings. The van der Waals surface area contributed by atoms with E-state index < -0.39 is 11.7 Å². The van der Waals surface area contributed by atoms with E-state index >= 15 is 0 Å². The standard InChI is InChI=1S/C29H30F3N5O/c1-3-23-18-10-4-5-11-19(18)27(34-23)36-26-16-25(21-13-7-9-15-24(21)33-17(2)38)35-28(37-26)20-12-6-8-14-22(20)29(30,31)32/h4-6,8,10-12,14,16,21,23-24H,3,7,9,13,15H2,1-2H3,(H,33,38)(H,34,35,36,37). The van der Waals surface area contributed by atoms with Crippen LogP contribution in [0, 0.1) is 0 Å². The van der Waals surface area contributed by atoms with Crippen LogP contribution in [0.4, 0.5) is 19.0 Å². The molecule has 9 heteroatoms. The number of aliphatic imine (C=N–C) groups is 1. The fourth-order valence-electron chi connectivity index (χ4n) is 5.51. The van der Waals surface area contributed by atoms with Crippen molar-refractivity contribution in [2.45, 2.75) is 70.1 Å². The summed E-state index contributed by atoms with van der Waals surface area (Å²) in [5.41, 5.74) is 1.78. The van der Waals surface area contributed by atoms with Crippen LogP contribution in [0.3, 0.4) is 0 Å². The third kappa shape index (κ3) is 5.28. The van der Waals surface area contributed by atoms with E-state index in [1.165, 1.54) is 19.1 Å². The van der Waals surface area contributed by atoms with Gasteiger partial charge in [0.05, 0.1) is 17.3 Å². The largest absolute Gasteiger partial charge is 0.417 e. The van der Waals surface area contributed by atoms with Gasteiger partial charge in [0.2, 0.25) is 5.91 Å². The van der Waals surface area contributed by atoms with Crippen molar-refractivity contribution < 1.29 is 18.0 Å². The van der Waals surface area contributed by atoms with Crippen LogP contribution in [-0.2, 0) is 11.0 Å². The number of fused-ring (bicyclic) bond motifs is 1. The maximum absolute atomic E-state index is 13.9. The Hall–Kier alpha value is -3.75. The maximum Gasteiger partial charge on any atom is 0.417 e. The molecule has 1 saturated carbocycles. The highest BCUT2D eigenvalue weighted by Crippen LogP contribution is 2.39. The number of benzene rings is 2. The number of amides is 1. The molecule has 38 heavy (non-hydrogen) atoms. The van der Waals surface area contributed by atoms with Crippen molar-refractivity contribution in [2.75, 3.05) is 5.32 Å². The number of carbonyl (C=O) groups excluding carboxylic acids is 1. The second-order valence-corrected chi connectivity index (χ2v) is 9.86. The van der Waals surface area contributed by atoms with Crippen molar-refractivity contribution in [3.05, 3.63) is 77.0 Å². The van der Waals surface area contributed by atoms with Gasteiger partial charge in [-0.05, 0) is 30.9 Å². The predicted molar refractivity (Wildman–Crippen MR) is 141 cm³/mol. The zero-order valence-corrected chi connectivity index (χ0v) is 21.3. The number of hydrogen-bond acceptors (Lipinski definition) is 5. The number of alkyl halides is 3. The summed E-state index contributed by atoms with van der Waals surface area (Å²) in [6.07, 6.45) is -0.279. The molecule has 1 fully saturated rings. The molecular formula is C29H30F3N5O. The van der Waals surface area contributed by atoms with Gasteiger partial charge in [-0.3, -0.25) is 9.79 Å². The molecule has 0 spiro atoms. The minimum atomic E-state index is -4.56. The third-order valence-electron chi connectivity index (χ3n) is 7.25. The van der Waals surface area contributed by atoms with E-state index in [9.17, 15) is 18.0 Å². The van der Waals surface area contributed by atoms with E-state index in [0.29, 0.717) is 17.3 Å². The Bertz CT molecular complexity index is 1370. The van der Waals surface area contributed by atoms with E-state index in [1.54, 1.807) is 12.1 Å². The van der Waals surface area contributed by atoms with Crippen molar-refractivity contribution in [1.82, 2.24) is 15.3 Å². The fourth-order valence-corrected chi connectivity index (χ4v) is 5.51. The molecule has 3 aromatic rings. The summed E-state index contributed by atoms with van der Waals surface area (Å²) < 4.78 is 41.8. The van der Waals surface area contributed by atoms with Crippen molar-refractivity contribution in [3.8, 4) is 11.4 Å². The molecular weight excluding hydrogens is 491 g/mol. The van der Waals surface area contributed by atoms with Crippen molar-refractivity contribution in [2.24, 2.45) is 4.99 Å². The highest BCUT2D eigenvalue weighted by atomic mass is 19.4. The van der Waals surface area contributed by atoms with Crippen molar-refractivity contribution in [3.63, 3.8) is 0 Å². The van der Waals surface area contributed by atoms with E-state index in [0.717, 1.165) is 49.3 Å². The van der Waals surface area contributed by atoms with Gasteiger partial charge in [0.15, 0.2) is 5.82 Å². The Balaban J connectivity index is 1.61. The third-order valence-corrected chi connectivity index (χ3v) is 7.25. The van der Waals surface area contributed by atoms with E-state index in [2.05, 4.69) is 27.5 Å². The molecule has 1 aliphatic carbocycles. The number of hydrogen-bond donors (Lipinski definition) is 2. The van der Waals surface area contributed by atoms with Gasteiger partial charge in [0.25, 0.3) is 0 Å². The summed E-state index contributed by atoms with van der Waals surface area (Å²) in [4.78, 5) is 26.0. The second kappa shape index (κ2) is 10.6. The zero-order chi connectivity index (χ0) is 26.9. The Morgan fingerprint density at radius 3 is 2.45 bits per heavy atom. The van der Waals surface area contributed by atoms with Crippen LogP contribution in [0.5, 0.6) is 0 Å². The van der Waals surface area contributed by atoms with Crippen LogP contribution >= 0.6 is 0 Å². The van der Waals surface area contributed by atoms with Crippen LogP contribution in [0.2, 0.25) is 0 Å². The summed E-state index contributed by atoms with van der Waals surface area (Å²) in [5.74, 6) is 0.714. The van der Waals surface area contributed by atoms with Gasteiger partial charge in [-0.25, -0.2) is 9.97 Å². The average molecular weight is 522 g/mol. The monoisotopic (exact) mass is 521 g/mol. The number of rotatable bonds is 5. The minimum Gasteiger partial charge on any atom is -0.353 e. The van der Waals surface area contributed by atoms with E-state index in [1.807, 2.05) is 24.3 Å². The summed E-state index contributed by atoms with van der Waals surface area (Å²) in [7, 11) is 0. The van der Waals surface area contributed by atoms with Crippen LogP contribution < -0.4 is 10.6 Å². The highest BCUT2D eigenvalue weighted by Gasteiger charge is 2.35. The molecule has 1 aliphatic heterocycles. The molecule has 198 valence electrons. The molecule has 3 atom stereocenters. The molecule has 6 nitrogen and oxygen atoms in total. The quantitative estimate of drug-likeness (QED) is 0.394. The lowest BCUT2D eigenvalue weighted by Crippen LogP contribution is -2.40. The minimum absolute atomic E-state index is 0.00271. The van der Waals surface area contributed by atoms with Gasteiger partial charge in [-0.1, -0.05) is 62.2 Å². The van der Waals surface area contributed by atoms with Crippen LogP contribution in [0.1, 0.15) is 80.3 Å². The van der Waals surface area contributed by atoms with Crippen LogP contribution in [0.15, 0.2) is 59.6 Å². The SMILES string of the molecule is CCC1N=C(Nc2cc(C3CCCCC3NC(C)=O)nc(-c3ccccc3C(F)(F)F)n2)c2ccccc21. The Labute approximate surface area is 219 Å². The predicted octanol–water partition coefficient (Wildman–Crippen LogP) is 6.65. The summed E-state index contributed by atoms with van der Waals surface area (Å²) in [5, 5.41) is 6.32. The lowest BCUT2D eigenvalue weighted by Gasteiger charge is -2.32. The van der Waals surface area contributed by atoms with Gasteiger partial charge >= 0.3 is 6.18 Å². The normalized spacial score (nSPS) is 21.0. The first-order valence-corrected chi connectivity index (χ1v) is 13.0. The number of nitrogens with one attached hydrogen (secondary N) is 2. The molecule has 2 aromatic carbocycles. The van der Waals surface area contributed by atoms with E-state index in [-0.39, 0.29) is 35.3 Å². The van der Waals surface area contributed by atoms with Gasteiger partial charge in [0.1, 0.15) is 11.7 Å². The Morgan fingerprint density at radius 1 is 1.00 bits per heavy atom. The topological polar surface area (TPSA) is 79.3 Å². The molecule has 5 rings (SSSR count). The smallest absolute Gasteiger partial charge is 0.353 e. The number of nitrogens with zero attached hydrogens (tertiary/aromatic N) is 3. The van der Waals surface area contributed by atoms with Gasteiger partial charge in [-0.15, -0.1) is 0 Å². The second-order valence-electron chi connectivity index (χ2n) is 9.86. The fraction of sp³-hybridized carbons (Fsp3) is 0.379. The summed E-state index contributed by atoms with van der Waals surface area (Å²) in [6.45, 7) is 3.54. The van der Waals surface area contributed by atoms with E-state index in [4.69, 9.17) is 4.99 Å². The van der Waals surface area contributed by atoms with Crippen LogP contribution in [0.25, 0.3) is 11.4 Å². The number of amidine groups is 1. The van der Waals surface area contributed by atoms with Gasteiger partial charge < -0.3 is 10.6 Å². The zero-order valence-electron chi connectivity index (χ0n) is 21.3. The number of aromatic nitrogens is 2. The first-order chi connectivity index (χ1) is 18.2. The summed E-state index contributed by atoms with van der Waals surface area (Å²) >= 11 is 0. The van der Waals surface area contributed by atoms with Crippen LogP contribution in [-0.4, -0.2) is 27.8 Å². The summed E-state index contributed by atoms with van der Waals surface area (Å²) in [6, 6.07) is 14.9. The molecule has 2 N–H and O–H groups in total. The lowest BCUT2D eigenvalue weighted by atomic mass is 9.82. The molecule has 3 unspecified atom stereocenters. The lowest BCUT2D eigenvalue weighted by molar-refractivity contribution is -0.137. The highest BCUT2D eigenvalue weighted by molar-refractivity contribution is 6.10. The average Bonchev–Trinajstić information content (AvgIpc) is 3.25.